The fraction of sp³-hybridized carbons (Fsp3) is 0.478. The Hall–Kier alpha value is -2.24. The van der Waals surface area contributed by atoms with Crippen LogP contribution < -0.4 is 5.32 Å². The Morgan fingerprint density at radius 1 is 1.14 bits per heavy atom. The minimum atomic E-state index is -0.414. The molecule has 150 valence electrons. The molecule has 1 fully saturated rings. The largest absolute Gasteiger partial charge is 0.381 e. The van der Waals surface area contributed by atoms with Gasteiger partial charge in [0.05, 0.1) is 11.5 Å². The van der Waals surface area contributed by atoms with Gasteiger partial charge in [0.2, 0.25) is 5.91 Å². The molecule has 0 unspecified atom stereocenters. The molecule has 1 aliphatic heterocycles. The van der Waals surface area contributed by atoms with Gasteiger partial charge in [0, 0.05) is 39.3 Å². The number of nitrogens with zero attached hydrogens (tertiary/aromatic N) is 1. The first-order valence-corrected chi connectivity index (χ1v) is 10.0. The number of hydrogen-bond donors (Lipinski definition) is 1. The molecule has 0 saturated carbocycles. The zero-order valence-electron chi connectivity index (χ0n) is 16.8. The second-order valence-corrected chi connectivity index (χ2v) is 7.48. The maximum Gasteiger partial charge on any atom is 0.226 e. The molecule has 0 bridgehead atoms. The fourth-order valence-electron chi connectivity index (χ4n) is 3.78. The highest BCUT2D eigenvalue weighted by Crippen LogP contribution is 2.35. The lowest BCUT2D eigenvalue weighted by molar-refractivity contribution is -0.137. The van der Waals surface area contributed by atoms with E-state index >= 15 is 0 Å². The number of hydrogen-bond acceptors (Lipinski definition) is 4. The van der Waals surface area contributed by atoms with Gasteiger partial charge in [-0.15, -0.1) is 0 Å². The van der Waals surface area contributed by atoms with Gasteiger partial charge in [0.1, 0.15) is 0 Å². The summed E-state index contributed by atoms with van der Waals surface area (Å²) in [6.45, 7) is 3.87. The zero-order valence-corrected chi connectivity index (χ0v) is 16.8. The van der Waals surface area contributed by atoms with E-state index in [0.29, 0.717) is 19.8 Å². The normalized spacial score (nSPS) is 17.1. The molecule has 2 heterocycles. The van der Waals surface area contributed by atoms with E-state index in [1.54, 1.807) is 19.5 Å². The second kappa shape index (κ2) is 9.80. The van der Waals surface area contributed by atoms with Crippen molar-refractivity contribution < 1.29 is 14.3 Å². The van der Waals surface area contributed by atoms with Gasteiger partial charge in [-0.05, 0) is 54.5 Å². The van der Waals surface area contributed by atoms with Gasteiger partial charge in [-0.2, -0.15) is 0 Å². The molecular weight excluding hydrogens is 352 g/mol. The molecule has 1 aromatic heterocycles. The number of nitrogens with one attached hydrogen (secondary N) is 1. The summed E-state index contributed by atoms with van der Waals surface area (Å²) in [5.41, 5.74) is 3.06. The van der Waals surface area contributed by atoms with Gasteiger partial charge in [-0.25, -0.2) is 0 Å². The van der Waals surface area contributed by atoms with E-state index in [1.165, 1.54) is 5.56 Å². The molecule has 1 aliphatic rings. The number of benzene rings is 1. The molecule has 28 heavy (non-hydrogen) atoms. The summed E-state index contributed by atoms with van der Waals surface area (Å²) in [5.74, 6) is 0.115. The minimum Gasteiger partial charge on any atom is -0.381 e. The molecule has 1 atom stereocenters. The molecular formula is C23H30N2O3. The highest BCUT2D eigenvalue weighted by molar-refractivity contribution is 5.83. The molecule has 0 radical (unpaired) electrons. The minimum absolute atomic E-state index is 0.0560. The summed E-state index contributed by atoms with van der Waals surface area (Å²) in [6.07, 6.45) is 6.75. The number of methoxy groups -OCH3 is 1. The summed E-state index contributed by atoms with van der Waals surface area (Å²) in [6, 6.07) is 12.5. The number of rotatable bonds is 8. The van der Waals surface area contributed by atoms with Crippen molar-refractivity contribution in [2.45, 2.75) is 38.7 Å². The quantitative estimate of drug-likeness (QED) is 0.757. The Labute approximate surface area is 167 Å². The standard InChI is InChI=1S/C23H30N2O3/c1-3-21(27-2)17-25-22(26)23(10-14-28-15-11-23)16-18-4-6-19(7-5-18)20-8-12-24-13-9-20/h4-9,12-13,21H,3,10-11,14-17H2,1-2H3,(H,25,26)/t21-/m0/s1. The molecule has 1 N–H and O–H groups in total. The lowest BCUT2D eigenvalue weighted by Crippen LogP contribution is -2.48. The van der Waals surface area contributed by atoms with Crippen LogP contribution in [0.3, 0.4) is 0 Å². The van der Waals surface area contributed by atoms with E-state index in [-0.39, 0.29) is 12.0 Å². The Balaban J connectivity index is 1.72. The number of amides is 1. The van der Waals surface area contributed by atoms with Crippen molar-refractivity contribution in [3.05, 3.63) is 54.4 Å². The SMILES string of the molecule is CC[C@@H](CNC(=O)C1(Cc2ccc(-c3ccncc3)cc2)CCOCC1)OC. The topological polar surface area (TPSA) is 60.5 Å². The van der Waals surface area contributed by atoms with Crippen LogP contribution in [0.1, 0.15) is 31.7 Å². The molecule has 0 aliphatic carbocycles. The highest BCUT2D eigenvalue weighted by atomic mass is 16.5. The van der Waals surface area contributed by atoms with Crippen molar-refractivity contribution in [1.82, 2.24) is 10.3 Å². The third-order valence-corrected chi connectivity index (χ3v) is 5.72. The van der Waals surface area contributed by atoms with Crippen LogP contribution in [-0.4, -0.2) is 43.9 Å². The van der Waals surface area contributed by atoms with Crippen molar-refractivity contribution in [2.24, 2.45) is 5.41 Å². The summed E-state index contributed by atoms with van der Waals surface area (Å²) >= 11 is 0. The summed E-state index contributed by atoms with van der Waals surface area (Å²) in [5, 5.41) is 3.13. The number of carbonyl (C=O) groups is 1. The van der Waals surface area contributed by atoms with E-state index < -0.39 is 5.41 Å². The number of ether oxygens (including phenoxy) is 2. The van der Waals surface area contributed by atoms with Crippen LogP contribution in [0.4, 0.5) is 0 Å². The highest BCUT2D eigenvalue weighted by Gasteiger charge is 2.40. The van der Waals surface area contributed by atoms with Crippen molar-refractivity contribution in [3.63, 3.8) is 0 Å². The number of pyridine rings is 1. The van der Waals surface area contributed by atoms with Crippen LogP contribution in [-0.2, 0) is 20.7 Å². The molecule has 5 heteroatoms. The average molecular weight is 383 g/mol. The van der Waals surface area contributed by atoms with Gasteiger partial charge < -0.3 is 14.8 Å². The Kier molecular flexibility index (Phi) is 7.18. The average Bonchev–Trinajstić information content (AvgIpc) is 2.76. The van der Waals surface area contributed by atoms with Crippen LogP contribution in [0.2, 0.25) is 0 Å². The summed E-state index contributed by atoms with van der Waals surface area (Å²) in [7, 11) is 1.69. The fourth-order valence-corrected chi connectivity index (χ4v) is 3.78. The molecule has 1 saturated heterocycles. The van der Waals surface area contributed by atoms with Crippen LogP contribution in [0, 0.1) is 5.41 Å². The van der Waals surface area contributed by atoms with Gasteiger partial charge in [-0.1, -0.05) is 31.2 Å². The van der Waals surface area contributed by atoms with E-state index in [4.69, 9.17) is 9.47 Å². The molecule has 5 nitrogen and oxygen atoms in total. The third-order valence-electron chi connectivity index (χ3n) is 5.72. The second-order valence-electron chi connectivity index (χ2n) is 7.48. The number of carbonyl (C=O) groups excluding carboxylic acids is 1. The van der Waals surface area contributed by atoms with Crippen molar-refractivity contribution in [3.8, 4) is 11.1 Å². The van der Waals surface area contributed by atoms with Crippen molar-refractivity contribution in [2.75, 3.05) is 26.9 Å². The van der Waals surface area contributed by atoms with Gasteiger partial charge in [0.25, 0.3) is 0 Å². The molecule has 3 rings (SSSR count). The smallest absolute Gasteiger partial charge is 0.226 e. The van der Waals surface area contributed by atoms with Crippen LogP contribution in [0.5, 0.6) is 0 Å². The van der Waals surface area contributed by atoms with Gasteiger partial charge >= 0.3 is 0 Å². The number of aromatic nitrogens is 1. The van der Waals surface area contributed by atoms with E-state index in [1.807, 2.05) is 12.1 Å². The summed E-state index contributed by atoms with van der Waals surface area (Å²) in [4.78, 5) is 17.2. The van der Waals surface area contributed by atoms with Crippen molar-refractivity contribution in [1.29, 1.82) is 0 Å². The van der Waals surface area contributed by atoms with Crippen LogP contribution in [0.25, 0.3) is 11.1 Å². The monoisotopic (exact) mass is 382 g/mol. The molecule has 1 aromatic carbocycles. The van der Waals surface area contributed by atoms with Crippen LogP contribution in [0.15, 0.2) is 48.8 Å². The lowest BCUT2D eigenvalue weighted by atomic mass is 9.74. The van der Waals surface area contributed by atoms with E-state index in [0.717, 1.165) is 36.8 Å². The van der Waals surface area contributed by atoms with Crippen LogP contribution >= 0.6 is 0 Å². The third kappa shape index (κ3) is 4.97. The first-order chi connectivity index (χ1) is 13.7. The Morgan fingerprint density at radius 3 is 2.39 bits per heavy atom. The predicted octanol–water partition coefficient (Wildman–Crippen LogP) is 3.63. The molecule has 0 spiro atoms. The Morgan fingerprint density at radius 2 is 1.79 bits per heavy atom. The molecule has 1 amide bonds. The van der Waals surface area contributed by atoms with Crippen molar-refractivity contribution >= 4 is 5.91 Å². The Bertz CT molecular complexity index is 736. The maximum atomic E-state index is 13.1. The zero-order chi connectivity index (χ0) is 19.8. The lowest BCUT2D eigenvalue weighted by Gasteiger charge is -2.36. The first-order valence-electron chi connectivity index (χ1n) is 10.0. The van der Waals surface area contributed by atoms with E-state index in [2.05, 4.69) is 41.5 Å². The summed E-state index contributed by atoms with van der Waals surface area (Å²) < 4.78 is 10.9. The first kappa shape index (κ1) is 20.5. The van der Waals surface area contributed by atoms with E-state index in [9.17, 15) is 4.79 Å². The van der Waals surface area contributed by atoms with Gasteiger partial charge in [-0.3, -0.25) is 9.78 Å². The predicted molar refractivity (Wildman–Crippen MR) is 110 cm³/mol. The molecule has 2 aromatic rings. The maximum absolute atomic E-state index is 13.1. The van der Waals surface area contributed by atoms with Gasteiger partial charge in [0.15, 0.2) is 0 Å².